The fraction of sp³-hybridized carbons (Fsp3) is 0.500. The molecule has 0 spiro atoms. The minimum atomic E-state index is -1.18. The van der Waals surface area contributed by atoms with Crippen LogP contribution in [0.5, 0.6) is 0 Å². The number of rotatable bonds is 4. The predicted octanol–water partition coefficient (Wildman–Crippen LogP) is 2.95. The van der Waals surface area contributed by atoms with Gasteiger partial charge in [0.15, 0.2) is 6.33 Å². The first-order valence-corrected chi connectivity index (χ1v) is 3.42. The number of hydrogen-bond acceptors (Lipinski definition) is 1. The molecule has 0 fully saturated rings. The Balaban J connectivity index is 3.42. The van der Waals surface area contributed by atoms with Crippen molar-refractivity contribution in [2.75, 3.05) is 6.61 Å². The molecule has 0 heterocycles. The van der Waals surface area contributed by atoms with E-state index in [0.29, 0.717) is 5.92 Å². The first kappa shape index (κ1) is 10.1. The lowest BCUT2D eigenvalue weighted by molar-refractivity contribution is 0.164. The molecule has 0 aromatic rings. The summed E-state index contributed by atoms with van der Waals surface area (Å²) in [4.78, 5) is 0. The standard InChI is InChI=1S/C8H12F2O/c1-7(2)4-3-5-11-8(10)6-9/h3-4,6-7H,5H2,1-2H3/b4-3+,8-6+. The van der Waals surface area contributed by atoms with Crippen molar-refractivity contribution in [1.29, 1.82) is 0 Å². The van der Waals surface area contributed by atoms with Crippen LogP contribution in [-0.2, 0) is 4.74 Å². The highest BCUT2D eigenvalue weighted by Gasteiger charge is 1.90. The monoisotopic (exact) mass is 162 g/mol. The van der Waals surface area contributed by atoms with Crippen molar-refractivity contribution >= 4 is 0 Å². The third kappa shape index (κ3) is 7.03. The van der Waals surface area contributed by atoms with E-state index < -0.39 is 6.01 Å². The molecule has 0 aliphatic heterocycles. The lowest BCUT2D eigenvalue weighted by atomic mass is 10.2. The molecule has 0 unspecified atom stereocenters. The maximum atomic E-state index is 11.9. The van der Waals surface area contributed by atoms with Crippen LogP contribution in [0.15, 0.2) is 24.5 Å². The minimum Gasteiger partial charge on any atom is -0.465 e. The van der Waals surface area contributed by atoms with Gasteiger partial charge in [-0.3, -0.25) is 0 Å². The molecule has 0 radical (unpaired) electrons. The van der Waals surface area contributed by atoms with Crippen molar-refractivity contribution in [3.05, 3.63) is 24.5 Å². The zero-order valence-electron chi connectivity index (χ0n) is 6.68. The summed E-state index contributed by atoms with van der Waals surface area (Å²) >= 11 is 0. The van der Waals surface area contributed by atoms with E-state index in [1.54, 1.807) is 6.08 Å². The molecule has 0 atom stereocenters. The molecule has 0 N–H and O–H groups in total. The first-order chi connectivity index (χ1) is 5.16. The van der Waals surface area contributed by atoms with Gasteiger partial charge in [0.1, 0.15) is 6.61 Å². The highest BCUT2D eigenvalue weighted by Crippen LogP contribution is 1.99. The van der Waals surface area contributed by atoms with Crippen molar-refractivity contribution in [2.45, 2.75) is 13.8 Å². The van der Waals surface area contributed by atoms with Crippen LogP contribution in [0.25, 0.3) is 0 Å². The fourth-order valence-corrected chi connectivity index (χ4v) is 0.487. The smallest absolute Gasteiger partial charge is 0.301 e. The normalized spacial score (nSPS) is 13.0. The zero-order chi connectivity index (χ0) is 8.69. The van der Waals surface area contributed by atoms with Crippen LogP contribution >= 0.6 is 0 Å². The fourth-order valence-electron chi connectivity index (χ4n) is 0.487. The van der Waals surface area contributed by atoms with Crippen LogP contribution < -0.4 is 0 Å². The number of hydrogen-bond donors (Lipinski definition) is 0. The van der Waals surface area contributed by atoms with E-state index in [1.165, 1.54) is 0 Å². The van der Waals surface area contributed by atoms with Gasteiger partial charge in [-0.2, -0.15) is 4.39 Å². The average molecular weight is 162 g/mol. The van der Waals surface area contributed by atoms with Crippen molar-refractivity contribution in [1.82, 2.24) is 0 Å². The molecule has 3 heteroatoms. The van der Waals surface area contributed by atoms with E-state index in [9.17, 15) is 8.78 Å². The molecule has 0 aromatic heterocycles. The maximum absolute atomic E-state index is 11.9. The van der Waals surface area contributed by atoms with Crippen LogP contribution in [0, 0.1) is 5.92 Å². The Morgan fingerprint density at radius 2 is 2.18 bits per heavy atom. The van der Waals surface area contributed by atoms with Crippen LogP contribution in [-0.4, -0.2) is 6.61 Å². The molecule has 0 aromatic carbocycles. The summed E-state index contributed by atoms with van der Waals surface area (Å²) in [5.41, 5.74) is 0. The molecule has 0 saturated carbocycles. The van der Waals surface area contributed by atoms with Gasteiger partial charge < -0.3 is 4.74 Å². The number of halogens is 2. The summed E-state index contributed by atoms with van der Waals surface area (Å²) in [5, 5.41) is 0. The second kappa shape index (κ2) is 5.89. The van der Waals surface area contributed by atoms with Gasteiger partial charge in [0.05, 0.1) is 0 Å². The van der Waals surface area contributed by atoms with Crippen LogP contribution in [0.1, 0.15) is 13.8 Å². The predicted molar refractivity (Wildman–Crippen MR) is 40.2 cm³/mol. The highest BCUT2D eigenvalue weighted by atomic mass is 19.2. The van der Waals surface area contributed by atoms with E-state index >= 15 is 0 Å². The quantitative estimate of drug-likeness (QED) is 0.456. The third-order valence-electron chi connectivity index (χ3n) is 0.924. The molecule has 0 bridgehead atoms. The summed E-state index contributed by atoms with van der Waals surface area (Å²) in [6.07, 6.45) is 3.29. The topological polar surface area (TPSA) is 9.23 Å². The molecule has 64 valence electrons. The van der Waals surface area contributed by atoms with Gasteiger partial charge in [0.2, 0.25) is 0 Å². The summed E-state index contributed by atoms with van der Waals surface area (Å²) in [7, 11) is 0. The largest absolute Gasteiger partial charge is 0.465 e. The number of ether oxygens (including phenoxy) is 1. The average Bonchev–Trinajstić information content (AvgIpc) is 1.97. The van der Waals surface area contributed by atoms with E-state index in [2.05, 4.69) is 4.74 Å². The summed E-state index contributed by atoms with van der Waals surface area (Å²) in [6.45, 7) is 4.04. The Labute approximate surface area is 65.4 Å². The Kier molecular flexibility index (Phi) is 5.43. The SMILES string of the molecule is CC(C)/C=C/CO/C(F)=C/F. The number of allylic oxidation sites excluding steroid dienone is 1. The molecular weight excluding hydrogens is 150 g/mol. The van der Waals surface area contributed by atoms with Crippen molar-refractivity contribution in [2.24, 2.45) is 5.92 Å². The lowest BCUT2D eigenvalue weighted by Crippen LogP contribution is -1.87. The van der Waals surface area contributed by atoms with Crippen LogP contribution in [0.2, 0.25) is 0 Å². The summed E-state index contributed by atoms with van der Waals surface area (Å²) < 4.78 is 27.4. The Morgan fingerprint density at radius 1 is 1.55 bits per heavy atom. The van der Waals surface area contributed by atoms with E-state index in [1.807, 2.05) is 19.9 Å². The van der Waals surface area contributed by atoms with E-state index in [4.69, 9.17) is 0 Å². The van der Waals surface area contributed by atoms with Crippen LogP contribution in [0.4, 0.5) is 8.78 Å². The molecule has 0 amide bonds. The van der Waals surface area contributed by atoms with Crippen molar-refractivity contribution in [3.63, 3.8) is 0 Å². The summed E-state index contributed by atoms with van der Waals surface area (Å²) in [6, 6.07) is -1.18. The molecule has 1 nitrogen and oxygen atoms in total. The van der Waals surface area contributed by atoms with Gasteiger partial charge in [-0.05, 0) is 5.92 Å². The Bertz CT molecular complexity index is 150. The third-order valence-corrected chi connectivity index (χ3v) is 0.924. The summed E-state index contributed by atoms with van der Waals surface area (Å²) in [5.74, 6) is 0.399. The molecule has 0 saturated heterocycles. The maximum Gasteiger partial charge on any atom is 0.301 e. The molecular formula is C8H12F2O. The van der Waals surface area contributed by atoms with Crippen molar-refractivity contribution in [3.8, 4) is 0 Å². The Hall–Kier alpha value is -0.860. The van der Waals surface area contributed by atoms with Gasteiger partial charge in [-0.25, -0.2) is 4.39 Å². The van der Waals surface area contributed by atoms with Gasteiger partial charge in [0, 0.05) is 0 Å². The van der Waals surface area contributed by atoms with Gasteiger partial charge in [0.25, 0.3) is 0 Å². The minimum absolute atomic E-state index is 0.0738. The van der Waals surface area contributed by atoms with E-state index in [-0.39, 0.29) is 12.9 Å². The van der Waals surface area contributed by atoms with E-state index in [0.717, 1.165) is 0 Å². The molecule has 0 aliphatic carbocycles. The lowest BCUT2D eigenvalue weighted by Gasteiger charge is -1.96. The molecule has 11 heavy (non-hydrogen) atoms. The molecule has 0 rings (SSSR count). The highest BCUT2D eigenvalue weighted by molar-refractivity contribution is 4.85. The van der Waals surface area contributed by atoms with Gasteiger partial charge >= 0.3 is 6.01 Å². The zero-order valence-corrected chi connectivity index (χ0v) is 6.68. The van der Waals surface area contributed by atoms with Crippen molar-refractivity contribution < 1.29 is 13.5 Å². The van der Waals surface area contributed by atoms with Gasteiger partial charge in [-0.1, -0.05) is 26.0 Å². The second-order valence-electron chi connectivity index (χ2n) is 2.40. The molecule has 0 aliphatic rings. The first-order valence-electron chi connectivity index (χ1n) is 3.42. The van der Waals surface area contributed by atoms with Crippen LogP contribution in [0.3, 0.4) is 0 Å². The van der Waals surface area contributed by atoms with Gasteiger partial charge in [-0.15, -0.1) is 0 Å². The second-order valence-corrected chi connectivity index (χ2v) is 2.40. The Morgan fingerprint density at radius 3 is 2.64 bits per heavy atom.